The number of nitrogens with zero attached hydrogens (tertiary/aromatic N) is 2. The average molecular weight is 221 g/mol. The molecular weight excluding hydrogens is 212 g/mol. The van der Waals surface area contributed by atoms with Gasteiger partial charge in [0.05, 0.1) is 18.1 Å². The van der Waals surface area contributed by atoms with Crippen molar-refractivity contribution >= 4 is 5.82 Å². The lowest BCUT2D eigenvalue weighted by Crippen LogP contribution is -1.97. The predicted molar refractivity (Wildman–Crippen MR) is 55.6 cm³/mol. The van der Waals surface area contributed by atoms with Crippen molar-refractivity contribution in [1.29, 1.82) is 0 Å². The summed E-state index contributed by atoms with van der Waals surface area (Å²) in [5.41, 5.74) is 6.50. The van der Waals surface area contributed by atoms with Gasteiger partial charge < -0.3 is 5.73 Å². The van der Waals surface area contributed by atoms with Crippen LogP contribution in [0, 0.1) is 11.6 Å². The molecule has 2 aromatic rings. The Morgan fingerprint density at radius 1 is 1.00 bits per heavy atom. The van der Waals surface area contributed by atoms with Gasteiger partial charge in [-0.25, -0.2) is 13.8 Å². The predicted octanol–water partition coefficient (Wildman–Crippen LogP) is 1.93. The van der Waals surface area contributed by atoms with Gasteiger partial charge in [0.15, 0.2) is 0 Å². The summed E-state index contributed by atoms with van der Waals surface area (Å²) < 4.78 is 25.8. The zero-order valence-corrected chi connectivity index (χ0v) is 8.32. The van der Waals surface area contributed by atoms with Crippen molar-refractivity contribution in [2.45, 2.75) is 6.42 Å². The highest BCUT2D eigenvalue weighted by molar-refractivity contribution is 5.26. The summed E-state index contributed by atoms with van der Waals surface area (Å²) >= 11 is 0. The molecule has 3 nitrogen and oxygen atoms in total. The van der Waals surface area contributed by atoms with Crippen molar-refractivity contribution < 1.29 is 8.78 Å². The number of hydrogen-bond donors (Lipinski definition) is 1. The van der Waals surface area contributed by atoms with Crippen molar-refractivity contribution in [1.82, 2.24) is 9.97 Å². The monoisotopic (exact) mass is 221 g/mol. The van der Waals surface area contributed by atoms with E-state index in [1.807, 2.05) is 0 Å². The van der Waals surface area contributed by atoms with Crippen LogP contribution in [-0.2, 0) is 6.42 Å². The van der Waals surface area contributed by atoms with Gasteiger partial charge in [-0.2, -0.15) is 0 Å². The number of rotatable bonds is 2. The van der Waals surface area contributed by atoms with E-state index in [0.717, 1.165) is 6.07 Å². The maximum atomic E-state index is 12.9. The fourth-order valence-electron chi connectivity index (χ4n) is 1.38. The van der Waals surface area contributed by atoms with Crippen molar-refractivity contribution in [2.75, 3.05) is 5.73 Å². The van der Waals surface area contributed by atoms with E-state index in [2.05, 4.69) is 9.97 Å². The highest BCUT2D eigenvalue weighted by Gasteiger charge is 2.03. The normalized spacial score (nSPS) is 10.4. The van der Waals surface area contributed by atoms with Gasteiger partial charge in [0, 0.05) is 12.5 Å². The number of halogens is 2. The van der Waals surface area contributed by atoms with Crippen molar-refractivity contribution in [3.63, 3.8) is 0 Å². The Morgan fingerprint density at radius 3 is 2.25 bits per heavy atom. The van der Waals surface area contributed by atoms with E-state index in [9.17, 15) is 8.78 Å². The molecule has 0 radical (unpaired) electrons. The summed E-state index contributed by atoms with van der Waals surface area (Å²) in [5, 5.41) is 0. The zero-order valence-electron chi connectivity index (χ0n) is 8.32. The number of hydrogen-bond acceptors (Lipinski definition) is 3. The lowest BCUT2D eigenvalue weighted by molar-refractivity contribution is 0.580. The summed E-state index contributed by atoms with van der Waals surface area (Å²) in [6, 6.07) is 3.36. The number of anilines is 1. The first-order valence-corrected chi connectivity index (χ1v) is 4.65. The minimum Gasteiger partial charge on any atom is -0.382 e. The Kier molecular flexibility index (Phi) is 2.76. The number of benzene rings is 1. The summed E-state index contributed by atoms with van der Waals surface area (Å²) in [7, 11) is 0. The van der Waals surface area contributed by atoms with E-state index < -0.39 is 11.6 Å². The van der Waals surface area contributed by atoms with E-state index in [1.165, 1.54) is 24.5 Å². The van der Waals surface area contributed by atoms with E-state index in [4.69, 9.17) is 5.73 Å². The van der Waals surface area contributed by atoms with Crippen LogP contribution in [0.5, 0.6) is 0 Å². The SMILES string of the molecule is Nc1cnc(Cc2cc(F)cc(F)c2)cn1. The number of nitrogens with two attached hydrogens (primary N) is 1. The van der Waals surface area contributed by atoms with Crippen LogP contribution in [0.2, 0.25) is 0 Å². The lowest BCUT2D eigenvalue weighted by atomic mass is 10.1. The molecule has 0 bridgehead atoms. The molecule has 2 rings (SSSR count). The van der Waals surface area contributed by atoms with Crippen LogP contribution in [0.1, 0.15) is 11.3 Å². The first-order chi connectivity index (χ1) is 7.63. The van der Waals surface area contributed by atoms with E-state index in [-0.39, 0.29) is 0 Å². The van der Waals surface area contributed by atoms with Crippen LogP contribution in [0.15, 0.2) is 30.6 Å². The fraction of sp³-hybridized carbons (Fsp3) is 0.0909. The minimum atomic E-state index is -0.599. The quantitative estimate of drug-likeness (QED) is 0.842. The maximum absolute atomic E-state index is 12.9. The standard InChI is InChI=1S/C11H9F2N3/c12-8-1-7(2-9(13)4-8)3-10-5-16-11(14)6-15-10/h1-2,4-6H,3H2,(H2,14,16). The Bertz CT molecular complexity index is 477. The van der Waals surface area contributed by atoms with E-state index in [1.54, 1.807) is 0 Å². The minimum absolute atomic E-state index is 0.314. The summed E-state index contributed by atoms with van der Waals surface area (Å²) in [6.45, 7) is 0. The molecule has 2 N–H and O–H groups in total. The Hall–Kier alpha value is -2.04. The molecule has 0 aliphatic heterocycles. The molecule has 0 aliphatic rings. The molecule has 0 saturated heterocycles. The molecular formula is C11H9F2N3. The smallest absolute Gasteiger partial charge is 0.141 e. The molecule has 1 aromatic heterocycles. The van der Waals surface area contributed by atoms with Crippen LogP contribution >= 0.6 is 0 Å². The first kappa shape index (κ1) is 10.5. The first-order valence-electron chi connectivity index (χ1n) is 4.65. The molecule has 0 spiro atoms. The van der Waals surface area contributed by atoms with Gasteiger partial charge in [-0.3, -0.25) is 4.98 Å². The molecule has 0 amide bonds. The highest BCUT2D eigenvalue weighted by Crippen LogP contribution is 2.11. The number of aromatic nitrogens is 2. The summed E-state index contributed by atoms with van der Waals surface area (Å²) in [5.74, 6) is -0.883. The topological polar surface area (TPSA) is 51.8 Å². The molecule has 0 unspecified atom stereocenters. The Morgan fingerprint density at radius 2 is 1.69 bits per heavy atom. The second kappa shape index (κ2) is 4.22. The maximum Gasteiger partial charge on any atom is 0.141 e. The van der Waals surface area contributed by atoms with Crippen LogP contribution in [0.25, 0.3) is 0 Å². The van der Waals surface area contributed by atoms with Crippen molar-refractivity contribution in [2.24, 2.45) is 0 Å². The van der Waals surface area contributed by atoms with Gasteiger partial charge in [-0.15, -0.1) is 0 Å². The molecule has 1 aromatic carbocycles. The van der Waals surface area contributed by atoms with Gasteiger partial charge in [0.2, 0.25) is 0 Å². The molecule has 0 aliphatic carbocycles. The summed E-state index contributed by atoms with van der Waals surface area (Å²) in [4.78, 5) is 7.85. The van der Waals surface area contributed by atoms with Gasteiger partial charge in [0.25, 0.3) is 0 Å². The van der Waals surface area contributed by atoms with Crippen LogP contribution in [0.4, 0.5) is 14.6 Å². The van der Waals surface area contributed by atoms with Gasteiger partial charge >= 0.3 is 0 Å². The molecule has 0 atom stereocenters. The Balaban J connectivity index is 2.23. The van der Waals surface area contributed by atoms with Crippen LogP contribution in [-0.4, -0.2) is 9.97 Å². The molecule has 16 heavy (non-hydrogen) atoms. The van der Waals surface area contributed by atoms with Gasteiger partial charge in [0.1, 0.15) is 17.5 Å². The van der Waals surface area contributed by atoms with Gasteiger partial charge in [-0.05, 0) is 17.7 Å². The van der Waals surface area contributed by atoms with Crippen molar-refractivity contribution in [3.05, 3.63) is 53.5 Å². The second-order valence-electron chi connectivity index (χ2n) is 3.39. The molecule has 82 valence electrons. The fourth-order valence-corrected chi connectivity index (χ4v) is 1.38. The summed E-state index contributed by atoms with van der Waals surface area (Å²) in [6.07, 6.45) is 3.21. The van der Waals surface area contributed by atoms with E-state index >= 15 is 0 Å². The lowest BCUT2D eigenvalue weighted by Gasteiger charge is -2.01. The molecule has 0 fully saturated rings. The third-order valence-corrected chi connectivity index (χ3v) is 2.03. The highest BCUT2D eigenvalue weighted by atomic mass is 19.1. The van der Waals surface area contributed by atoms with E-state index in [0.29, 0.717) is 23.5 Å². The molecule has 0 saturated carbocycles. The third kappa shape index (κ3) is 2.50. The molecule has 5 heteroatoms. The average Bonchev–Trinajstić information content (AvgIpc) is 2.20. The number of nitrogen functional groups attached to an aromatic ring is 1. The zero-order chi connectivity index (χ0) is 11.5. The van der Waals surface area contributed by atoms with Crippen LogP contribution in [0.3, 0.4) is 0 Å². The Labute approximate surface area is 91.0 Å². The van der Waals surface area contributed by atoms with Crippen molar-refractivity contribution in [3.8, 4) is 0 Å². The van der Waals surface area contributed by atoms with Crippen LogP contribution < -0.4 is 5.73 Å². The van der Waals surface area contributed by atoms with Gasteiger partial charge in [-0.1, -0.05) is 0 Å². The molecule has 1 heterocycles. The third-order valence-electron chi connectivity index (χ3n) is 2.03. The second-order valence-corrected chi connectivity index (χ2v) is 3.39. The largest absolute Gasteiger partial charge is 0.382 e.